The number of ether oxygens (including phenoxy) is 2. The molecular formula is C21H23NO4. The van der Waals surface area contributed by atoms with Crippen LogP contribution in [0, 0.1) is 6.92 Å². The molecular weight excluding hydrogens is 330 g/mol. The second-order valence-corrected chi connectivity index (χ2v) is 6.64. The molecule has 1 amide bonds. The lowest BCUT2D eigenvalue weighted by atomic mass is 10.1. The Hall–Kier alpha value is -2.82. The molecule has 0 saturated carbocycles. The van der Waals surface area contributed by atoms with Crippen LogP contribution in [0.2, 0.25) is 0 Å². The average molecular weight is 353 g/mol. The van der Waals surface area contributed by atoms with Crippen LogP contribution in [0.25, 0.3) is 0 Å². The highest BCUT2D eigenvalue weighted by Crippen LogP contribution is 2.32. The van der Waals surface area contributed by atoms with Gasteiger partial charge in [0.25, 0.3) is 5.91 Å². The Kier molecular flexibility index (Phi) is 4.98. The van der Waals surface area contributed by atoms with E-state index in [1.165, 1.54) is 7.11 Å². The molecule has 0 unspecified atom stereocenters. The molecule has 5 heteroatoms. The maximum atomic E-state index is 12.9. The molecule has 1 heterocycles. The standard InChI is InChI=1S/C21H23NO4/c1-13-9-10-19(25-4)17(11-13)21(24)26-15(3)20(23)22-14(2)12-16-7-5-6-8-18(16)22/h5-11,14-15H,12H2,1-4H3/t14-,15+/m1/s1. The third kappa shape index (κ3) is 3.29. The number of carbonyl (C=O) groups excluding carboxylic acids is 2. The molecule has 136 valence electrons. The summed E-state index contributed by atoms with van der Waals surface area (Å²) in [6, 6.07) is 13.1. The summed E-state index contributed by atoms with van der Waals surface area (Å²) < 4.78 is 10.7. The van der Waals surface area contributed by atoms with Gasteiger partial charge in [-0.25, -0.2) is 4.79 Å². The molecule has 0 saturated heterocycles. The molecule has 0 aliphatic carbocycles. The number of carbonyl (C=O) groups is 2. The van der Waals surface area contributed by atoms with Crippen molar-refractivity contribution in [2.75, 3.05) is 12.0 Å². The van der Waals surface area contributed by atoms with Crippen molar-refractivity contribution in [1.82, 2.24) is 0 Å². The molecule has 0 aromatic heterocycles. The number of amides is 1. The number of benzene rings is 2. The zero-order valence-electron chi connectivity index (χ0n) is 15.5. The van der Waals surface area contributed by atoms with Crippen molar-refractivity contribution >= 4 is 17.6 Å². The molecule has 0 spiro atoms. The molecule has 0 fully saturated rings. The lowest BCUT2D eigenvalue weighted by Gasteiger charge is -2.26. The minimum absolute atomic E-state index is 0.0366. The van der Waals surface area contributed by atoms with Crippen molar-refractivity contribution in [2.24, 2.45) is 0 Å². The summed E-state index contributed by atoms with van der Waals surface area (Å²) in [6.07, 6.45) is -0.0878. The average Bonchev–Trinajstić information content (AvgIpc) is 2.96. The third-order valence-electron chi connectivity index (χ3n) is 4.65. The molecule has 5 nitrogen and oxygen atoms in total. The van der Waals surface area contributed by atoms with Crippen LogP contribution in [0.4, 0.5) is 5.69 Å². The summed E-state index contributed by atoms with van der Waals surface area (Å²) in [7, 11) is 1.50. The lowest BCUT2D eigenvalue weighted by molar-refractivity contribution is -0.126. The van der Waals surface area contributed by atoms with Gasteiger partial charge >= 0.3 is 5.97 Å². The van der Waals surface area contributed by atoms with Gasteiger partial charge in [-0.05, 0) is 51.0 Å². The summed E-state index contributed by atoms with van der Waals surface area (Å²) >= 11 is 0. The van der Waals surface area contributed by atoms with Gasteiger partial charge in [-0.15, -0.1) is 0 Å². The van der Waals surface area contributed by atoms with E-state index < -0.39 is 12.1 Å². The van der Waals surface area contributed by atoms with Crippen molar-refractivity contribution in [3.05, 3.63) is 59.2 Å². The molecule has 0 N–H and O–H groups in total. The van der Waals surface area contributed by atoms with Crippen molar-refractivity contribution < 1.29 is 19.1 Å². The van der Waals surface area contributed by atoms with E-state index in [0.717, 1.165) is 23.2 Å². The zero-order chi connectivity index (χ0) is 18.8. The summed E-state index contributed by atoms with van der Waals surface area (Å²) in [5.74, 6) is -0.353. The first kappa shape index (κ1) is 18.0. The van der Waals surface area contributed by atoms with Gasteiger partial charge < -0.3 is 14.4 Å². The number of hydrogen-bond acceptors (Lipinski definition) is 4. The summed E-state index contributed by atoms with van der Waals surface area (Å²) in [5, 5.41) is 0. The normalized spacial score (nSPS) is 16.8. The second kappa shape index (κ2) is 7.20. The number of para-hydroxylation sites is 1. The van der Waals surface area contributed by atoms with Gasteiger partial charge in [0.1, 0.15) is 11.3 Å². The van der Waals surface area contributed by atoms with Gasteiger partial charge in [0, 0.05) is 11.7 Å². The van der Waals surface area contributed by atoms with Crippen LogP contribution in [0.15, 0.2) is 42.5 Å². The number of rotatable bonds is 4. The van der Waals surface area contributed by atoms with Crippen molar-refractivity contribution in [2.45, 2.75) is 39.3 Å². The number of nitrogens with zero attached hydrogens (tertiary/aromatic N) is 1. The highest BCUT2D eigenvalue weighted by atomic mass is 16.5. The molecule has 2 atom stereocenters. The van der Waals surface area contributed by atoms with E-state index in [2.05, 4.69) is 0 Å². The quantitative estimate of drug-likeness (QED) is 0.789. The molecule has 1 aliphatic rings. The minimum Gasteiger partial charge on any atom is -0.496 e. The largest absolute Gasteiger partial charge is 0.496 e. The maximum Gasteiger partial charge on any atom is 0.342 e. The van der Waals surface area contributed by atoms with Crippen LogP contribution in [0.5, 0.6) is 5.75 Å². The van der Waals surface area contributed by atoms with Crippen LogP contribution in [0.3, 0.4) is 0 Å². The summed E-state index contributed by atoms with van der Waals surface area (Å²) in [4.78, 5) is 27.2. The summed E-state index contributed by atoms with van der Waals surface area (Å²) in [6.45, 7) is 5.49. The maximum absolute atomic E-state index is 12.9. The Morgan fingerprint density at radius 1 is 1.19 bits per heavy atom. The Morgan fingerprint density at radius 3 is 2.65 bits per heavy atom. The van der Waals surface area contributed by atoms with Crippen LogP contribution < -0.4 is 9.64 Å². The van der Waals surface area contributed by atoms with Crippen molar-refractivity contribution in [3.63, 3.8) is 0 Å². The van der Waals surface area contributed by atoms with E-state index in [1.807, 2.05) is 44.2 Å². The van der Waals surface area contributed by atoms with Crippen molar-refractivity contribution in [3.8, 4) is 5.75 Å². The van der Waals surface area contributed by atoms with E-state index in [0.29, 0.717) is 11.3 Å². The van der Waals surface area contributed by atoms with Crippen LogP contribution in [-0.4, -0.2) is 31.1 Å². The predicted molar refractivity (Wildman–Crippen MR) is 99.7 cm³/mol. The second-order valence-electron chi connectivity index (χ2n) is 6.64. The highest BCUT2D eigenvalue weighted by Gasteiger charge is 2.34. The molecule has 0 bridgehead atoms. The van der Waals surface area contributed by atoms with Gasteiger partial charge in [-0.2, -0.15) is 0 Å². The molecule has 1 aliphatic heterocycles. The zero-order valence-corrected chi connectivity index (χ0v) is 15.5. The number of methoxy groups -OCH3 is 1. The van der Waals surface area contributed by atoms with Gasteiger partial charge in [0.15, 0.2) is 6.10 Å². The first-order chi connectivity index (χ1) is 12.4. The number of hydrogen-bond donors (Lipinski definition) is 0. The number of esters is 1. The number of aryl methyl sites for hydroxylation is 1. The molecule has 2 aromatic carbocycles. The van der Waals surface area contributed by atoms with Gasteiger partial charge in [0.2, 0.25) is 0 Å². The van der Waals surface area contributed by atoms with Crippen LogP contribution in [0.1, 0.15) is 35.3 Å². The molecule has 3 rings (SSSR count). The van der Waals surface area contributed by atoms with Gasteiger partial charge in [0.05, 0.1) is 7.11 Å². The van der Waals surface area contributed by atoms with E-state index in [-0.39, 0.29) is 11.9 Å². The first-order valence-corrected chi connectivity index (χ1v) is 8.69. The number of fused-ring (bicyclic) bond motifs is 1. The SMILES string of the molecule is COc1ccc(C)cc1C(=O)O[C@@H](C)C(=O)N1c2ccccc2C[C@H]1C. The fourth-order valence-electron chi connectivity index (χ4n) is 3.35. The topological polar surface area (TPSA) is 55.8 Å². The Labute approximate surface area is 153 Å². The Bertz CT molecular complexity index is 846. The number of anilines is 1. The van der Waals surface area contributed by atoms with E-state index >= 15 is 0 Å². The molecule has 2 aromatic rings. The molecule has 26 heavy (non-hydrogen) atoms. The van der Waals surface area contributed by atoms with E-state index in [1.54, 1.807) is 24.0 Å². The minimum atomic E-state index is -0.888. The Balaban J connectivity index is 1.78. The first-order valence-electron chi connectivity index (χ1n) is 8.69. The van der Waals surface area contributed by atoms with Crippen LogP contribution in [-0.2, 0) is 16.0 Å². The fourth-order valence-corrected chi connectivity index (χ4v) is 3.35. The monoisotopic (exact) mass is 353 g/mol. The predicted octanol–water partition coefficient (Wildman–Crippen LogP) is 3.53. The lowest BCUT2D eigenvalue weighted by Crippen LogP contribution is -2.43. The van der Waals surface area contributed by atoms with Crippen molar-refractivity contribution in [1.29, 1.82) is 0 Å². The molecule has 0 radical (unpaired) electrons. The highest BCUT2D eigenvalue weighted by molar-refractivity contribution is 6.01. The smallest absolute Gasteiger partial charge is 0.342 e. The van der Waals surface area contributed by atoms with E-state index in [9.17, 15) is 9.59 Å². The third-order valence-corrected chi connectivity index (χ3v) is 4.65. The van der Waals surface area contributed by atoms with E-state index in [4.69, 9.17) is 9.47 Å². The van der Waals surface area contributed by atoms with Gasteiger partial charge in [-0.3, -0.25) is 4.79 Å². The Morgan fingerprint density at radius 2 is 1.92 bits per heavy atom. The summed E-state index contributed by atoms with van der Waals surface area (Å²) in [5.41, 5.74) is 3.26. The van der Waals surface area contributed by atoms with Gasteiger partial charge in [-0.1, -0.05) is 29.8 Å². The van der Waals surface area contributed by atoms with Crippen LogP contribution >= 0.6 is 0 Å². The fraction of sp³-hybridized carbons (Fsp3) is 0.333.